The lowest BCUT2D eigenvalue weighted by molar-refractivity contribution is -0.223. The van der Waals surface area contributed by atoms with Crippen molar-refractivity contribution in [3.63, 3.8) is 0 Å². The molecule has 0 aliphatic heterocycles. The Morgan fingerprint density at radius 3 is 1.72 bits per heavy atom. The first-order valence-electron chi connectivity index (χ1n) is 10.9. The van der Waals surface area contributed by atoms with Gasteiger partial charge < -0.3 is 14.6 Å². The van der Waals surface area contributed by atoms with Crippen LogP contribution in [0.2, 0.25) is 0 Å². The fourth-order valence-corrected chi connectivity index (χ4v) is 3.95. The first kappa shape index (κ1) is 28.7. The van der Waals surface area contributed by atoms with Crippen molar-refractivity contribution in [3.8, 4) is 0 Å². The van der Waals surface area contributed by atoms with Gasteiger partial charge in [-0.15, -0.1) is 0 Å². The Kier molecular flexibility index (Phi) is 10.7. The van der Waals surface area contributed by atoms with Gasteiger partial charge in [0.1, 0.15) is 0 Å². The highest BCUT2D eigenvalue weighted by atomic mass is 19.4. The van der Waals surface area contributed by atoms with Crippen molar-refractivity contribution in [2.45, 2.75) is 112 Å². The monoisotopic (exact) mass is 426 g/mol. The molecule has 0 amide bonds. The maximum atomic E-state index is 13.3. The largest absolute Gasteiger partial charge is 0.393 e. The number of aliphatic hydroxyl groups is 1. The molecule has 29 heavy (non-hydrogen) atoms. The van der Waals surface area contributed by atoms with Gasteiger partial charge in [-0.05, 0) is 44.4 Å². The number of halogens is 3. The smallest absolute Gasteiger partial charge is 0.390 e. The normalized spacial score (nSPS) is 18.0. The fourth-order valence-electron chi connectivity index (χ4n) is 3.95. The molecule has 3 nitrogen and oxygen atoms in total. The standard InChI is InChI=1S/C23H45F3O3/c1-10-18(11-2)29-17-21(8,14-22(9,27)12-3)16-28-15-19(4,5)13-20(6,7)23(24,25)26/h18,27H,10-17H2,1-9H3. The minimum absolute atomic E-state index is 0.0167. The topological polar surface area (TPSA) is 38.7 Å². The van der Waals surface area contributed by atoms with E-state index in [0.717, 1.165) is 12.8 Å². The SMILES string of the molecule is CCC(CC)OCC(C)(COCC(C)(C)CC(C)(C)C(F)(F)F)CC(C)(O)CC. The minimum atomic E-state index is -4.25. The highest BCUT2D eigenvalue weighted by Gasteiger charge is 2.49. The van der Waals surface area contributed by atoms with E-state index in [-0.39, 0.29) is 19.1 Å². The van der Waals surface area contributed by atoms with Crippen molar-refractivity contribution in [3.05, 3.63) is 0 Å². The zero-order chi connectivity index (χ0) is 23.1. The van der Waals surface area contributed by atoms with Crippen molar-refractivity contribution in [1.82, 2.24) is 0 Å². The Labute approximate surface area is 176 Å². The Morgan fingerprint density at radius 2 is 1.31 bits per heavy atom. The third-order valence-corrected chi connectivity index (χ3v) is 5.78. The van der Waals surface area contributed by atoms with E-state index in [1.165, 1.54) is 13.8 Å². The number of hydrogen-bond acceptors (Lipinski definition) is 3. The number of ether oxygens (including phenoxy) is 2. The van der Waals surface area contributed by atoms with E-state index in [2.05, 4.69) is 13.8 Å². The molecule has 0 radical (unpaired) electrons. The summed E-state index contributed by atoms with van der Waals surface area (Å²) in [5.74, 6) is 0. The van der Waals surface area contributed by atoms with Crippen LogP contribution in [0.15, 0.2) is 0 Å². The molecule has 176 valence electrons. The molecule has 0 rings (SSSR count). The van der Waals surface area contributed by atoms with Crippen LogP contribution in [-0.4, -0.2) is 42.8 Å². The summed E-state index contributed by atoms with van der Waals surface area (Å²) < 4.78 is 51.8. The lowest BCUT2D eigenvalue weighted by atomic mass is 9.75. The van der Waals surface area contributed by atoms with Crippen LogP contribution in [0.4, 0.5) is 13.2 Å². The third kappa shape index (κ3) is 10.5. The van der Waals surface area contributed by atoms with Crippen molar-refractivity contribution in [2.24, 2.45) is 16.2 Å². The quantitative estimate of drug-likeness (QED) is 0.333. The van der Waals surface area contributed by atoms with E-state index in [9.17, 15) is 18.3 Å². The van der Waals surface area contributed by atoms with Crippen LogP contribution in [0.5, 0.6) is 0 Å². The van der Waals surface area contributed by atoms with Gasteiger partial charge in [-0.25, -0.2) is 0 Å². The van der Waals surface area contributed by atoms with Crippen molar-refractivity contribution >= 4 is 0 Å². The first-order chi connectivity index (χ1) is 12.9. The molecular weight excluding hydrogens is 381 g/mol. The summed E-state index contributed by atoms with van der Waals surface area (Å²) in [5, 5.41) is 10.6. The average molecular weight is 427 g/mol. The van der Waals surface area contributed by atoms with Gasteiger partial charge in [0, 0.05) is 5.41 Å². The predicted molar refractivity (Wildman–Crippen MR) is 113 cm³/mol. The van der Waals surface area contributed by atoms with Crippen molar-refractivity contribution in [2.75, 3.05) is 19.8 Å². The molecule has 0 aromatic heterocycles. The van der Waals surface area contributed by atoms with E-state index >= 15 is 0 Å². The minimum Gasteiger partial charge on any atom is -0.390 e. The number of alkyl halides is 3. The molecule has 0 saturated carbocycles. The van der Waals surface area contributed by atoms with Crippen LogP contribution in [-0.2, 0) is 9.47 Å². The van der Waals surface area contributed by atoms with Crippen LogP contribution >= 0.6 is 0 Å². The molecule has 1 N–H and O–H groups in total. The summed E-state index contributed by atoms with van der Waals surface area (Å²) in [6, 6.07) is 0. The van der Waals surface area contributed by atoms with Crippen LogP contribution in [0, 0.1) is 16.2 Å². The fraction of sp³-hybridized carbons (Fsp3) is 1.00. The Bertz CT molecular complexity index is 468. The van der Waals surface area contributed by atoms with Crippen LogP contribution < -0.4 is 0 Å². The van der Waals surface area contributed by atoms with Crippen LogP contribution in [0.3, 0.4) is 0 Å². The molecule has 0 bridgehead atoms. The second-order valence-corrected chi connectivity index (χ2v) is 10.8. The molecule has 0 saturated heterocycles. The Hall–Kier alpha value is -0.330. The van der Waals surface area contributed by atoms with Gasteiger partial charge >= 0.3 is 6.18 Å². The maximum absolute atomic E-state index is 13.3. The van der Waals surface area contributed by atoms with Gasteiger partial charge in [-0.1, -0.05) is 55.4 Å². The molecule has 2 unspecified atom stereocenters. The van der Waals surface area contributed by atoms with Crippen LogP contribution in [0.25, 0.3) is 0 Å². The molecule has 0 aromatic rings. The first-order valence-corrected chi connectivity index (χ1v) is 10.9. The zero-order valence-electron chi connectivity index (χ0n) is 20.1. The van der Waals surface area contributed by atoms with Gasteiger partial charge in [0.15, 0.2) is 0 Å². The van der Waals surface area contributed by atoms with Gasteiger partial charge in [0.25, 0.3) is 0 Å². The Balaban J connectivity index is 5.07. The molecule has 0 aliphatic rings. The van der Waals surface area contributed by atoms with E-state index in [4.69, 9.17) is 9.47 Å². The molecule has 0 heterocycles. The van der Waals surface area contributed by atoms with Gasteiger partial charge in [-0.3, -0.25) is 0 Å². The van der Waals surface area contributed by atoms with E-state index in [1.807, 2.05) is 13.8 Å². The van der Waals surface area contributed by atoms with Crippen molar-refractivity contribution < 1.29 is 27.8 Å². The van der Waals surface area contributed by atoms with Crippen LogP contribution in [0.1, 0.15) is 94.4 Å². The average Bonchev–Trinajstić information content (AvgIpc) is 2.53. The molecule has 0 spiro atoms. The summed E-state index contributed by atoms with van der Waals surface area (Å²) in [6.07, 6.45) is -1.16. The van der Waals surface area contributed by atoms with Gasteiger partial charge in [-0.2, -0.15) is 13.2 Å². The van der Waals surface area contributed by atoms with E-state index in [0.29, 0.717) is 26.1 Å². The van der Waals surface area contributed by atoms with Gasteiger partial charge in [0.2, 0.25) is 0 Å². The lowest BCUT2D eigenvalue weighted by Crippen LogP contribution is -2.41. The molecule has 2 atom stereocenters. The Morgan fingerprint density at radius 1 is 0.793 bits per heavy atom. The van der Waals surface area contributed by atoms with E-state index in [1.54, 1.807) is 20.8 Å². The molecule has 0 fully saturated rings. The zero-order valence-corrected chi connectivity index (χ0v) is 20.1. The third-order valence-electron chi connectivity index (χ3n) is 5.78. The number of rotatable bonds is 14. The summed E-state index contributed by atoms with van der Waals surface area (Å²) >= 11 is 0. The predicted octanol–water partition coefficient (Wildman–Crippen LogP) is 6.77. The van der Waals surface area contributed by atoms with Gasteiger partial charge in [0.05, 0.1) is 36.9 Å². The van der Waals surface area contributed by atoms with Crippen molar-refractivity contribution in [1.29, 1.82) is 0 Å². The van der Waals surface area contributed by atoms with E-state index < -0.39 is 28.0 Å². The molecule has 6 heteroatoms. The second-order valence-electron chi connectivity index (χ2n) is 10.8. The summed E-state index contributed by atoms with van der Waals surface area (Å²) in [7, 11) is 0. The second kappa shape index (κ2) is 10.8. The molecule has 0 aliphatic carbocycles. The lowest BCUT2D eigenvalue weighted by Gasteiger charge is -2.39. The summed E-state index contributed by atoms with van der Waals surface area (Å²) in [4.78, 5) is 0. The summed E-state index contributed by atoms with van der Waals surface area (Å²) in [6.45, 7) is 17.0. The number of hydrogen-bond donors (Lipinski definition) is 1. The molecule has 0 aromatic carbocycles. The maximum Gasteiger partial charge on any atom is 0.393 e. The molecular formula is C23H45F3O3. The highest BCUT2D eigenvalue weighted by Crippen LogP contribution is 2.45. The summed E-state index contributed by atoms with van der Waals surface area (Å²) in [5.41, 5.74) is -3.65. The highest BCUT2D eigenvalue weighted by molar-refractivity contribution is 4.87.